The first kappa shape index (κ1) is 11.5. The van der Waals surface area contributed by atoms with Gasteiger partial charge in [-0.2, -0.15) is 0 Å². The predicted octanol–water partition coefficient (Wildman–Crippen LogP) is -0.599. The summed E-state index contributed by atoms with van der Waals surface area (Å²) in [6, 6.07) is 0.680. The number of hydrogen-bond acceptors (Lipinski definition) is 4. The van der Waals surface area contributed by atoms with Crippen LogP contribution >= 0.6 is 0 Å². The molecule has 0 atom stereocenters. The molecule has 1 aliphatic rings. The van der Waals surface area contributed by atoms with Gasteiger partial charge in [0.15, 0.2) is 0 Å². The van der Waals surface area contributed by atoms with Crippen molar-refractivity contribution in [1.29, 1.82) is 0 Å². The van der Waals surface area contributed by atoms with Crippen LogP contribution in [0.25, 0.3) is 0 Å². The summed E-state index contributed by atoms with van der Waals surface area (Å²) in [5, 5.41) is 11.1. The van der Waals surface area contributed by atoms with Gasteiger partial charge in [0, 0.05) is 19.6 Å². The molecule has 1 heterocycles. The number of hydrogen-bond donors (Lipinski definition) is 0. The Morgan fingerprint density at radius 2 is 2.00 bits per heavy atom. The number of likely N-dealkylation sites (tertiary alicyclic amines) is 1. The number of nitrogens with zero attached hydrogens (tertiary/aromatic N) is 3. The molecular weight excluding hydrogens is 178 g/mol. The minimum Gasteiger partial charge on any atom is -0.861 e. The van der Waals surface area contributed by atoms with Gasteiger partial charge in [-0.3, -0.25) is 4.90 Å². The molecule has 1 saturated heterocycles. The van der Waals surface area contributed by atoms with Crippen molar-refractivity contribution in [1.82, 2.24) is 9.80 Å². The number of piperidine rings is 1. The van der Waals surface area contributed by atoms with Crippen molar-refractivity contribution in [3.05, 3.63) is 0 Å². The van der Waals surface area contributed by atoms with Gasteiger partial charge in [-0.25, -0.2) is 0 Å². The number of rotatable bonds is 3. The Morgan fingerprint density at radius 1 is 1.43 bits per heavy atom. The fourth-order valence-corrected chi connectivity index (χ4v) is 1.86. The molecule has 0 aromatic heterocycles. The van der Waals surface area contributed by atoms with Crippen LogP contribution in [0.4, 0.5) is 0 Å². The summed E-state index contributed by atoms with van der Waals surface area (Å²) in [5.41, 5.74) is 0. The molecule has 1 fully saturated rings. The van der Waals surface area contributed by atoms with Gasteiger partial charge in [-0.1, -0.05) is 0 Å². The first-order chi connectivity index (χ1) is 6.63. The summed E-state index contributed by atoms with van der Waals surface area (Å²) in [5.74, 6) is -0.00620. The molecule has 0 N–H and O–H groups in total. The van der Waals surface area contributed by atoms with Gasteiger partial charge in [0.05, 0.1) is 0 Å². The summed E-state index contributed by atoms with van der Waals surface area (Å²) < 4.78 is 0. The zero-order valence-corrected chi connectivity index (χ0v) is 9.36. The van der Waals surface area contributed by atoms with Crippen molar-refractivity contribution in [3.63, 3.8) is 0 Å². The van der Waals surface area contributed by atoms with E-state index in [1.54, 1.807) is 7.05 Å². The SMILES string of the molecule is CN=C([O-])CN1CCC(N(C)C)CC1. The van der Waals surface area contributed by atoms with Crippen LogP contribution in [0.2, 0.25) is 0 Å². The molecule has 14 heavy (non-hydrogen) atoms. The Labute approximate surface area is 86.2 Å². The van der Waals surface area contributed by atoms with Crippen LogP contribution in [-0.2, 0) is 0 Å². The summed E-state index contributed by atoms with van der Waals surface area (Å²) in [6.07, 6.45) is 2.31. The van der Waals surface area contributed by atoms with E-state index in [1.807, 2.05) is 0 Å². The fourth-order valence-electron chi connectivity index (χ4n) is 1.86. The Balaban J connectivity index is 2.29. The minimum absolute atomic E-state index is 0.00620. The van der Waals surface area contributed by atoms with Crippen molar-refractivity contribution >= 4 is 5.90 Å². The lowest BCUT2D eigenvalue weighted by molar-refractivity contribution is -0.220. The highest BCUT2D eigenvalue weighted by molar-refractivity contribution is 5.73. The van der Waals surface area contributed by atoms with E-state index < -0.39 is 0 Å². The highest BCUT2D eigenvalue weighted by atomic mass is 16.3. The highest BCUT2D eigenvalue weighted by Gasteiger charge is 2.19. The minimum atomic E-state index is -0.00620. The maximum Gasteiger partial charge on any atom is 0.0266 e. The normalized spacial score (nSPS) is 21.9. The van der Waals surface area contributed by atoms with Crippen LogP contribution in [0.3, 0.4) is 0 Å². The van der Waals surface area contributed by atoms with Crippen molar-refractivity contribution in [2.24, 2.45) is 4.99 Å². The first-order valence-corrected chi connectivity index (χ1v) is 5.15. The third-order valence-electron chi connectivity index (χ3n) is 2.90. The van der Waals surface area contributed by atoms with Crippen LogP contribution in [0.1, 0.15) is 12.8 Å². The maximum atomic E-state index is 11.1. The van der Waals surface area contributed by atoms with Crippen molar-refractivity contribution in [3.8, 4) is 0 Å². The first-order valence-electron chi connectivity index (χ1n) is 5.15. The second-order valence-corrected chi connectivity index (χ2v) is 4.09. The molecule has 4 heteroatoms. The smallest absolute Gasteiger partial charge is 0.0266 e. The Hall–Kier alpha value is -0.610. The van der Waals surface area contributed by atoms with Crippen LogP contribution in [-0.4, -0.2) is 62.5 Å². The zero-order chi connectivity index (χ0) is 10.6. The summed E-state index contributed by atoms with van der Waals surface area (Å²) in [6.45, 7) is 2.53. The Kier molecular flexibility index (Phi) is 4.35. The topological polar surface area (TPSA) is 41.9 Å². The van der Waals surface area contributed by atoms with E-state index in [0.717, 1.165) is 25.9 Å². The van der Waals surface area contributed by atoms with Gasteiger partial charge in [-0.15, -0.1) is 0 Å². The molecule has 0 unspecified atom stereocenters. The monoisotopic (exact) mass is 198 g/mol. The number of aliphatic imine (C=N–C) groups is 1. The second kappa shape index (κ2) is 5.32. The molecule has 82 valence electrons. The molecule has 0 aromatic carbocycles. The summed E-state index contributed by atoms with van der Waals surface area (Å²) in [7, 11) is 5.80. The van der Waals surface area contributed by atoms with E-state index in [0.29, 0.717) is 12.6 Å². The molecule has 0 amide bonds. The van der Waals surface area contributed by atoms with Gasteiger partial charge in [0.2, 0.25) is 0 Å². The lowest BCUT2D eigenvalue weighted by Gasteiger charge is -2.35. The lowest BCUT2D eigenvalue weighted by Crippen LogP contribution is -2.45. The van der Waals surface area contributed by atoms with Gasteiger partial charge in [0.1, 0.15) is 0 Å². The largest absolute Gasteiger partial charge is 0.861 e. The zero-order valence-electron chi connectivity index (χ0n) is 9.36. The van der Waals surface area contributed by atoms with Crippen LogP contribution < -0.4 is 5.11 Å². The molecule has 1 aliphatic heterocycles. The van der Waals surface area contributed by atoms with Gasteiger partial charge < -0.3 is 15.0 Å². The van der Waals surface area contributed by atoms with Gasteiger partial charge >= 0.3 is 0 Å². The van der Waals surface area contributed by atoms with E-state index >= 15 is 0 Å². The van der Waals surface area contributed by atoms with Crippen molar-refractivity contribution in [2.75, 3.05) is 40.8 Å². The van der Waals surface area contributed by atoms with Gasteiger partial charge in [0.25, 0.3) is 0 Å². The standard InChI is InChI=1S/C10H21N3O/c1-11-10(14)8-13-6-4-9(5-7-13)12(2)3/h9H,4-8H2,1-3H3,(H,11,14)/p-1. The molecule has 0 bridgehead atoms. The lowest BCUT2D eigenvalue weighted by atomic mass is 10.0. The van der Waals surface area contributed by atoms with E-state index in [-0.39, 0.29) is 5.90 Å². The van der Waals surface area contributed by atoms with Crippen LogP contribution in [0, 0.1) is 0 Å². The molecule has 0 aliphatic carbocycles. The maximum absolute atomic E-state index is 11.1. The van der Waals surface area contributed by atoms with E-state index in [1.165, 1.54) is 0 Å². The quantitative estimate of drug-likeness (QED) is 0.449. The molecule has 0 saturated carbocycles. The van der Waals surface area contributed by atoms with Crippen molar-refractivity contribution in [2.45, 2.75) is 18.9 Å². The molecular formula is C10H20N3O-. The highest BCUT2D eigenvalue weighted by Crippen LogP contribution is 2.13. The van der Waals surface area contributed by atoms with Gasteiger partial charge in [-0.05, 0) is 45.9 Å². The molecule has 4 nitrogen and oxygen atoms in total. The summed E-state index contributed by atoms with van der Waals surface area (Å²) in [4.78, 5) is 8.10. The molecule has 0 spiro atoms. The average Bonchev–Trinajstić information content (AvgIpc) is 2.18. The van der Waals surface area contributed by atoms with E-state index in [2.05, 4.69) is 28.9 Å². The van der Waals surface area contributed by atoms with E-state index in [4.69, 9.17) is 0 Å². The predicted molar refractivity (Wildman–Crippen MR) is 56.5 cm³/mol. The molecule has 1 rings (SSSR count). The fraction of sp³-hybridized carbons (Fsp3) is 0.900. The third-order valence-corrected chi connectivity index (χ3v) is 2.90. The second-order valence-electron chi connectivity index (χ2n) is 4.09. The Bertz CT molecular complexity index is 196. The summed E-state index contributed by atoms with van der Waals surface area (Å²) >= 11 is 0. The average molecular weight is 198 g/mol. The Morgan fingerprint density at radius 3 is 2.43 bits per heavy atom. The van der Waals surface area contributed by atoms with E-state index in [9.17, 15) is 5.11 Å². The molecule has 0 radical (unpaired) electrons. The third kappa shape index (κ3) is 3.27. The molecule has 0 aromatic rings. The van der Waals surface area contributed by atoms with Crippen LogP contribution in [0.15, 0.2) is 4.99 Å². The van der Waals surface area contributed by atoms with Crippen molar-refractivity contribution < 1.29 is 5.11 Å². The van der Waals surface area contributed by atoms with Crippen LogP contribution in [0.5, 0.6) is 0 Å².